The molecule has 0 unspecified atom stereocenters. The van der Waals surface area contributed by atoms with Crippen molar-refractivity contribution in [3.63, 3.8) is 0 Å². The molecule has 1 heterocycles. The number of nitrogens with one attached hydrogen (secondary N) is 1. The van der Waals surface area contributed by atoms with E-state index < -0.39 is 0 Å². The minimum Gasteiger partial charge on any atom is -0.465 e. The van der Waals surface area contributed by atoms with Crippen molar-refractivity contribution in [2.45, 2.75) is 25.3 Å². The number of esters is 1. The number of piperidine rings is 1. The maximum Gasteiger partial charge on any atom is 0.337 e. The van der Waals surface area contributed by atoms with Gasteiger partial charge in [0.15, 0.2) is 0 Å². The predicted molar refractivity (Wildman–Crippen MR) is 133 cm³/mol. The average molecular weight is 465 g/mol. The van der Waals surface area contributed by atoms with Crippen LogP contribution in [0.15, 0.2) is 72.8 Å². The van der Waals surface area contributed by atoms with Gasteiger partial charge in [0.2, 0.25) is 0 Å². The summed E-state index contributed by atoms with van der Waals surface area (Å²) in [5.74, 6) is 1.28. The van der Waals surface area contributed by atoms with E-state index in [0.29, 0.717) is 16.6 Å². The van der Waals surface area contributed by atoms with Gasteiger partial charge in [0.1, 0.15) is 11.5 Å². The van der Waals surface area contributed by atoms with Gasteiger partial charge in [-0.2, -0.15) is 0 Å². The van der Waals surface area contributed by atoms with E-state index >= 15 is 0 Å². The standard InChI is InChI=1S/C27H29ClN2O3/c1-32-27(31)21-4-2-20(3-5-21)14-17-30-18-15-24(16-19-30)29-23-8-12-26(13-9-23)33-25-10-6-22(28)7-11-25/h2-13,24,29H,14-19H2,1H3. The first-order chi connectivity index (χ1) is 16.1. The zero-order valence-electron chi connectivity index (χ0n) is 18.8. The Morgan fingerprint density at radius 2 is 1.55 bits per heavy atom. The van der Waals surface area contributed by atoms with Crippen molar-refractivity contribution in [2.24, 2.45) is 0 Å². The minimum atomic E-state index is -0.292. The van der Waals surface area contributed by atoms with Crippen LogP contribution in [0.2, 0.25) is 5.02 Å². The quantitative estimate of drug-likeness (QED) is 0.412. The molecule has 3 aromatic rings. The summed E-state index contributed by atoms with van der Waals surface area (Å²) in [6.07, 6.45) is 3.21. The van der Waals surface area contributed by atoms with Gasteiger partial charge in [0, 0.05) is 36.4 Å². The lowest BCUT2D eigenvalue weighted by atomic mass is 10.0. The van der Waals surface area contributed by atoms with Crippen LogP contribution in [-0.2, 0) is 11.2 Å². The number of rotatable bonds is 8. The number of carbonyl (C=O) groups is 1. The third-order valence-electron chi connectivity index (χ3n) is 5.95. The number of methoxy groups -OCH3 is 1. The zero-order chi connectivity index (χ0) is 23.0. The normalized spacial score (nSPS) is 14.6. The van der Waals surface area contributed by atoms with Crippen LogP contribution in [0.5, 0.6) is 11.5 Å². The third kappa shape index (κ3) is 6.73. The van der Waals surface area contributed by atoms with E-state index in [2.05, 4.69) is 22.3 Å². The van der Waals surface area contributed by atoms with E-state index in [0.717, 1.165) is 56.1 Å². The van der Waals surface area contributed by atoms with Gasteiger partial charge in [-0.05, 0) is 85.5 Å². The summed E-state index contributed by atoms with van der Waals surface area (Å²) in [5, 5.41) is 4.35. The largest absolute Gasteiger partial charge is 0.465 e. The lowest BCUT2D eigenvalue weighted by Crippen LogP contribution is -2.40. The van der Waals surface area contributed by atoms with Gasteiger partial charge >= 0.3 is 5.97 Å². The summed E-state index contributed by atoms with van der Waals surface area (Å²) in [7, 11) is 1.40. The molecular formula is C27H29ClN2O3. The molecule has 0 atom stereocenters. The van der Waals surface area contributed by atoms with Crippen LogP contribution in [0.1, 0.15) is 28.8 Å². The van der Waals surface area contributed by atoms with Gasteiger partial charge in [-0.1, -0.05) is 23.7 Å². The molecule has 3 aromatic carbocycles. The highest BCUT2D eigenvalue weighted by atomic mass is 35.5. The summed E-state index contributed by atoms with van der Waals surface area (Å²) in [6.45, 7) is 3.19. The molecule has 1 N–H and O–H groups in total. The fourth-order valence-electron chi connectivity index (χ4n) is 4.01. The Morgan fingerprint density at radius 3 is 2.15 bits per heavy atom. The van der Waals surface area contributed by atoms with Crippen molar-refractivity contribution in [1.29, 1.82) is 0 Å². The van der Waals surface area contributed by atoms with Crippen molar-refractivity contribution < 1.29 is 14.3 Å². The van der Waals surface area contributed by atoms with Crippen LogP contribution in [0.25, 0.3) is 0 Å². The number of nitrogens with zero attached hydrogens (tertiary/aromatic N) is 1. The number of halogens is 1. The number of hydrogen-bond donors (Lipinski definition) is 1. The number of hydrogen-bond acceptors (Lipinski definition) is 5. The highest BCUT2D eigenvalue weighted by Gasteiger charge is 2.19. The Bertz CT molecular complexity index is 1030. The highest BCUT2D eigenvalue weighted by Crippen LogP contribution is 2.25. The van der Waals surface area contributed by atoms with E-state index in [4.69, 9.17) is 21.1 Å². The number of benzene rings is 3. The average Bonchev–Trinajstić information content (AvgIpc) is 2.86. The van der Waals surface area contributed by atoms with Gasteiger partial charge in [-0.25, -0.2) is 4.79 Å². The molecule has 0 bridgehead atoms. The number of ether oxygens (including phenoxy) is 2. The molecule has 172 valence electrons. The molecule has 1 saturated heterocycles. The molecule has 0 amide bonds. The summed E-state index contributed by atoms with van der Waals surface area (Å²) in [5.41, 5.74) is 2.95. The lowest BCUT2D eigenvalue weighted by Gasteiger charge is -2.33. The fourth-order valence-corrected chi connectivity index (χ4v) is 4.13. The lowest BCUT2D eigenvalue weighted by molar-refractivity contribution is 0.0600. The van der Waals surface area contributed by atoms with E-state index in [1.165, 1.54) is 12.7 Å². The van der Waals surface area contributed by atoms with Crippen LogP contribution in [0.4, 0.5) is 5.69 Å². The second-order valence-electron chi connectivity index (χ2n) is 8.28. The molecule has 0 saturated carbocycles. The highest BCUT2D eigenvalue weighted by molar-refractivity contribution is 6.30. The predicted octanol–water partition coefficient (Wildman–Crippen LogP) is 6.04. The second kappa shape index (κ2) is 11.2. The van der Waals surface area contributed by atoms with Gasteiger partial charge in [0.05, 0.1) is 12.7 Å². The molecule has 1 aliphatic heterocycles. The Morgan fingerprint density at radius 1 is 0.939 bits per heavy atom. The Balaban J connectivity index is 1.19. The Kier molecular flexibility index (Phi) is 7.87. The molecule has 5 nitrogen and oxygen atoms in total. The van der Waals surface area contributed by atoms with E-state index in [1.807, 2.05) is 60.7 Å². The van der Waals surface area contributed by atoms with Gasteiger partial charge in [0.25, 0.3) is 0 Å². The Labute approximate surface area is 200 Å². The monoisotopic (exact) mass is 464 g/mol. The van der Waals surface area contributed by atoms with E-state index in [-0.39, 0.29) is 5.97 Å². The van der Waals surface area contributed by atoms with E-state index in [1.54, 1.807) is 0 Å². The first kappa shape index (κ1) is 23.1. The number of carbonyl (C=O) groups excluding carboxylic acids is 1. The maximum atomic E-state index is 11.5. The first-order valence-electron chi connectivity index (χ1n) is 11.3. The van der Waals surface area contributed by atoms with Crippen molar-refractivity contribution in [3.8, 4) is 11.5 Å². The molecular weight excluding hydrogens is 436 g/mol. The number of anilines is 1. The first-order valence-corrected chi connectivity index (χ1v) is 11.7. The molecule has 0 aromatic heterocycles. The number of likely N-dealkylation sites (tertiary alicyclic amines) is 1. The van der Waals surface area contributed by atoms with Crippen molar-refractivity contribution in [3.05, 3.63) is 88.9 Å². The SMILES string of the molecule is COC(=O)c1ccc(CCN2CCC(Nc3ccc(Oc4ccc(Cl)cc4)cc3)CC2)cc1. The third-order valence-corrected chi connectivity index (χ3v) is 6.21. The van der Waals surface area contributed by atoms with Crippen LogP contribution < -0.4 is 10.1 Å². The fraction of sp³-hybridized carbons (Fsp3) is 0.296. The van der Waals surface area contributed by atoms with Gasteiger partial charge in [-0.15, -0.1) is 0 Å². The maximum absolute atomic E-state index is 11.5. The molecule has 0 aliphatic carbocycles. The summed E-state index contributed by atoms with van der Waals surface area (Å²) >= 11 is 5.92. The summed E-state index contributed by atoms with van der Waals surface area (Å²) in [6, 6.07) is 23.6. The summed E-state index contributed by atoms with van der Waals surface area (Å²) < 4.78 is 10.6. The topological polar surface area (TPSA) is 50.8 Å². The van der Waals surface area contributed by atoms with Crippen LogP contribution in [-0.4, -0.2) is 43.7 Å². The molecule has 1 fully saturated rings. The zero-order valence-corrected chi connectivity index (χ0v) is 19.6. The van der Waals surface area contributed by atoms with Crippen LogP contribution in [0, 0.1) is 0 Å². The van der Waals surface area contributed by atoms with Crippen molar-refractivity contribution in [1.82, 2.24) is 4.90 Å². The van der Waals surface area contributed by atoms with Crippen molar-refractivity contribution >= 4 is 23.3 Å². The van der Waals surface area contributed by atoms with Gasteiger partial charge < -0.3 is 19.7 Å². The molecule has 4 rings (SSSR count). The smallest absolute Gasteiger partial charge is 0.337 e. The van der Waals surface area contributed by atoms with Crippen molar-refractivity contribution in [2.75, 3.05) is 32.1 Å². The Hall–Kier alpha value is -3.02. The molecule has 0 spiro atoms. The van der Waals surface area contributed by atoms with E-state index in [9.17, 15) is 4.79 Å². The second-order valence-corrected chi connectivity index (χ2v) is 8.72. The van der Waals surface area contributed by atoms with Gasteiger partial charge in [-0.3, -0.25) is 0 Å². The molecule has 6 heteroatoms. The summed E-state index contributed by atoms with van der Waals surface area (Å²) in [4.78, 5) is 14.1. The van der Waals surface area contributed by atoms with Crippen LogP contribution in [0.3, 0.4) is 0 Å². The molecule has 33 heavy (non-hydrogen) atoms. The molecule has 0 radical (unpaired) electrons. The molecule has 1 aliphatic rings. The minimum absolute atomic E-state index is 0.292. The van der Waals surface area contributed by atoms with Crippen LogP contribution >= 0.6 is 11.6 Å².